The van der Waals surface area contributed by atoms with Gasteiger partial charge in [-0.1, -0.05) is 77.1 Å². The number of anilines is 1. The monoisotopic (exact) mass is 646 g/mol. The summed E-state index contributed by atoms with van der Waals surface area (Å²) in [7, 11) is 4.27. The molecule has 2 aliphatic rings. The molecule has 0 radical (unpaired) electrons. The summed E-state index contributed by atoms with van der Waals surface area (Å²) in [6.07, 6.45) is 12.9. The summed E-state index contributed by atoms with van der Waals surface area (Å²) >= 11 is 0. The van der Waals surface area contributed by atoms with Gasteiger partial charge in [0.25, 0.3) is 0 Å². The van der Waals surface area contributed by atoms with Gasteiger partial charge in [-0.3, -0.25) is 9.88 Å². The lowest BCUT2D eigenvalue weighted by Crippen LogP contribution is -2.50. The van der Waals surface area contributed by atoms with E-state index in [4.69, 9.17) is 4.98 Å². The van der Waals surface area contributed by atoms with Gasteiger partial charge in [0.2, 0.25) is 0 Å². The zero-order valence-corrected chi connectivity index (χ0v) is 30.5. The Kier molecular flexibility index (Phi) is 11.8. The highest BCUT2D eigenvalue weighted by Gasteiger charge is 2.25. The molecule has 2 aromatic carbocycles. The minimum absolute atomic E-state index is 0.141. The molecule has 1 atom stereocenters. The fourth-order valence-electron chi connectivity index (χ4n) is 7.10. The molecule has 3 aromatic rings. The molecule has 0 bridgehead atoms. The van der Waals surface area contributed by atoms with E-state index >= 15 is 0 Å². The molecule has 1 fully saturated rings. The third-order valence-electron chi connectivity index (χ3n) is 10.1. The zero-order valence-electron chi connectivity index (χ0n) is 30.5. The quantitative estimate of drug-likeness (QED) is 0.183. The van der Waals surface area contributed by atoms with Crippen molar-refractivity contribution in [3.05, 3.63) is 113 Å². The highest BCUT2D eigenvalue weighted by molar-refractivity contribution is 5.96. The van der Waals surface area contributed by atoms with Crippen LogP contribution in [0.15, 0.2) is 96.1 Å². The van der Waals surface area contributed by atoms with Crippen LogP contribution in [0.25, 0.3) is 16.5 Å². The minimum Gasteiger partial charge on any atom is -0.367 e. The number of nitrogens with one attached hydrogen (secondary N) is 3. The van der Waals surface area contributed by atoms with E-state index in [0.717, 1.165) is 81.2 Å². The van der Waals surface area contributed by atoms with Crippen LogP contribution in [0.5, 0.6) is 0 Å². The van der Waals surface area contributed by atoms with E-state index < -0.39 is 0 Å². The van der Waals surface area contributed by atoms with Gasteiger partial charge in [0, 0.05) is 55.2 Å². The molecule has 1 unspecified atom stereocenters. The summed E-state index contributed by atoms with van der Waals surface area (Å²) in [5.74, 6) is 1.02. The maximum absolute atomic E-state index is 4.75. The Morgan fingerprint density at radius 2 is 1.81 bits per heavy atom. The van der Waals surface area contributed by atoms with E-state index in [2.05, 4.69) is 135 Å². The molecule has 1 aromatic heterocycles. The van der Waals surface area contributed by atoms with Crippen molar-refractivity contribution in [2.24, 2.45) is 5.41 Å². The summed E-state index contributed by atoms with van der Waals surface area (Å²) in [5, 5.41) is 13.5. The van der Waals surface area contributed by atoms with Gasteiger partial charge in [0.05, 0.1) is 11.4 Å². The molecule has 48 heavy (non-hydrogen) atoms. The number of hydrogen-bond donors (Lipinski definition) is 3. The largest absolute Gasteiger partial charge is 0.367 e. The van der Waals surface area contributed by atoms with Gasteiger partial charge < -0.3 is 20.9 Å². The molecule has 1 aliphatic carbocycles. The summed E-state index contributed by atoms with van der Waals surface area (Å²) < 4.78 is 0. The predicted octanol–water partition coefficient (Wildman–Crippen LogP) is 8.71. The van der Waals surface area contributed by atoms with Crippen LogP contribution in [0.3, 0.4) is 0 Å². The molecule has 2 heterocycles. The molecule has 256 valence electrons. The summed E-state index contributed by atoms with van der Waals surface area (Å²) in [5.41, 5.74) is 9.95. The topological polar surface area (TPSA) is 55.5 Å². The Balaban J connectivity index is 1.39. The third kappa shape index (κ3) is 8.58. The van der Waals surface area contributed by atoms with E-state index in [1.807, 2.05) is 13.2 Å². The van der Waals surface area contributed by atoms with Crippen LogP contribution in [-0.2, 0) is 6.42 Å². The van der Waals surface area contributed by atoms with Crippen molar-refractivity contribution in [2.45, 2.75) is 79.2 Å². The smallest absolute Gasteiger partial charge is 0.103 e. The maximum Gasteiger partial charge on any atom is 0.103 e. The van der Waals surface area contributed by atoms with Crippen LogP contribution in [0, 0.1) is 5.41 Å². The average molecular weight is 647 g/mol. The van der Waals surface area contributed by atoms with Gasteiger partial charge in [0.1, 0.15) is 5.82 Å². The highest BCUT2D eigenvalue weighted by Crippen LogP contribution is 2.35. The Hall–Kier alpha value is -3.87. The van der Waals surface area contributed by atoms with Gasteiger partial charge in [-0.2, -0.15) is 0 Å². The van der Waals surface area contributed by atoms with E-state index in [9.17, 15) is 0 Å². The Bertz CT molecular complexity index is 1670. The molecular formula is C42H58N6. The Morgan fingerprint density at radius 3 is 2.54 bits per heavy atom. The van der Waals surface area contributed by atoms with Crippen molar-refractivity contribution in [3.63, 3.8) is 0 Å². The van der Waals surface area contributed by atoms with Crippen LogP contribution in [0.1, 0.15) is 83.5 Å². The van der Waals surface area contributed by atoms with E-state index in [1.165, 1.54) is 45.2 Å². The molecule has 0 saturated carbocycles. The minimum atomic E-state index is 0.141. The molecular weight excluding hydrogens is 589 g/mol. The van der Waals surface area contributed by atoms with Crippen LogP contribution in [0.2, 0.25) is 0 Å². The standard InChI is InChI=1S/C42H58N6/c1-9-14-41(46-40-27-34(42(4,5)6)16-13-15-33(40)28-43-7)45-38-20-19-32(36-17-11-12-18-37(36)38)25-31-21-22-44-39(26-31)30(3)48-24-23-47(8)35(10-2)29-48/h11-12,14,17-22,26-27,35,43,45-46H,3,9-10,13,15-16,23-25,28-29H2,1-2,4-8H3. The third-order valence-corrected chi connectivity index (χ3v) is 10.1. The van der Waals surface area contributed by atoms with Crippen molar-refractivity contribution >= 4 is 22.2 Å². The van der Waals surface area contributed by atoms with Crippen LogP contribution < -0.4 is 16.0 Å². The second kappa shape index (κ2) is 16.0. The second-order valence-electron chi connectivity index (χ2n) is 14.6. The van der Waals surface area contributed by atoms with Gasteiger partial charge in [-0.15, -0.1) is 0 Å². The molecule has 6 nitrogen and oxygen atoms in total. The molecule has 1 saturated heterocycles. The highest BCUT2D eigenvalue weighted by atomic mass is 15.3. The van der Waals surface area contributed by atoms with Crippen LogP contribution in [-0.4, -0.2) is 61.1 Å². The lowest BCUT2D eigenvalue weighted by atomic mass is 9.83. The van der Waals surface area contributed by atoms with Gasteiger partial charge in [-0.25, -0.2) is 0 Å². The Morgan fingerprint density at radius 1 is 1.02 bits per heavy atom. The number of allylic oxidation sites excluding steroid dienone is 3. The molecule has 1 aliphatic heterocycles. The number of pyridine rings is 1. The van der Waals surface area contributed by atoms with Gasteiger partial charge >= 0.3 is 0 Å². The zero-order chi connectivity index (χ0) is 34.3. The molecule has 6 heteroatoms. The van der Waals surface area contributed by atoms with Gasteiger partial charge in [0.15, 0.2) is 0 Å². The van der Waals surface area contributed by atoms with Crippen molar-refractivity contribution in [3.8, 4) is 0 Å². The number of fused-ring (bicyclic) bond motifs is 1. The number of hydrogen-bond acceptors (Lipinski definition) is 6. The normalized spacial score (nSPS) is 18.1. The van der Waals surface area contributed by atoms with Crippen LogP contribution >= 0.6 is 0 Å². The maximum atomic E-state index is 4.75. The number of piperazine rings is 1. The number of nitrogens with zero attached hydrogens (tertiary/aromatic N) is 3. The lowest BCUT2D eigenvalue weighted by Gasteiger charge is -2.41. The first-order chi connectivity index (χ1) is 23.1. The average Bonchev–Trinajstić information content (AvgIpc) is 3.28. The lowest BCUT2D eigenvalue weighted by molar-refractivity contribution is 0.131. The molecule has 3 N–H and O–H groups in total. The molecule has 5 rings (SSSR count). The summed E-state index contributed by atoms with van der Waals surface area (Å²) in [4.78, 5) is 9.63. The first-order valence-electron chi connectivity index (χ1n) is 18.0. The second-order valence-corrected chi connectivity index (χ2v) is 14.6. The van der Waals surface area contributed by atoms with Gasteiger partial charge in [-0.05, 0) is 110 Å². The fraction of sp³-hybridized carbons (Fsp3) is 0.452. The number of likely N-dealkylation sites (N-methyl/N-ethyl adjacent to an activating group) is 2. The molecule has 0 amide bonds. The predicted molar refractivity (Wildman–Crippen MR) is 206 cm³/mol. The SMILES string of the molecule is C=C(c1cc(Cc2ccc(NC(=CCC)NC3=C(CNC)CCCC(C(C)(C)C)=C3)c3ccccc23)ccn1)N1CCN(C)C(CC)C1. The number of aromatic nitrogens is 1. The molecule has 0 spiro atoms. The van der Waals surface area contributed by atoms with E-state index in [-0.39, 0.29) is 5.41 Å². The van der Waals surface area contributed by atoms with Crippen molar-refractivity contribution < 1.29 is 0 Å². The summed E-state index contributed by atoms with van der Waals surface area (Å²) in [6.45, 7) is 19.9. The van der Waals surface area contributed by atoms with Crippen LogP contribution in [0.4, 0.5) is 5.69 Å². The van der Waals surface area contributed by atoms with E-state index in [1.54, 1.807) is 0 Å². The first kappa shape index (κ1) is 35.4. The first-order valence-corrected chi connectivity index (χ1v) is 18.0. The van der Waals surface area contributed by atoms with E-state index in [0.29, 0.717) is 6.04 Å². The van der Waals surface area contributed by atoms with Crippen molar-refractivity contribution in [1.82, 2.24) is 25.4 Å². The van der Waals surface area contributed by atoms with Crippen molar-refractivity contribution in [2.75, 3.05) is 45.6 Å². The Labute approximate surface area is 290 Å². The van der Waals surface area contributed by atoms with Crippen molar-refractivity contribution in [1.29, 1.82) is 0 Å². The summed E-state index contributed by atoms with van der Waals surface area (Å²) in [6, 6.07) is 18.2. The fourth-order valence-corrected chi connectivity index (χ4v) is 7.10. The number of benzene rings is 2. The number of rotatable bonds is 12.